The van der Waals surface area contributed by atoms with E-state index in [2.05, 4.69) is 16.0 Å². The van der Waals surface area contributed by atoms with E-state index in [9.17, 15) is 9.59 Å². The highest BCUT2D eigenvalue weighted by Crippen LogP contribution is 2.24. The normalized spacial score (nSPS) is 14.7. The lowest BCUT2D eigenvalue weighted by atomic mass is 10.1. The van der Waals surface area contributed by atoms with Gasteiger partial charge in [-0.2, -0.15) is 0 Å². The zero-order chi connectivity index (χ0) is 26.2. The molecule has 1 aliphatic heterocycles. The summed E-state index contributed by atoms with van der Waals surface area (Å²) in [7, 11) is 3.62. The van der Waals surface area contributed by atoms with Gasteiger partial charge in [0.1, 0.15) is 11.9 Å². The zero-order valence-electron chi connectivity index (χ0n) is 21.5. The fourth-order valence-corrected chi connectivity index (χ4v) is 4.11. The number of hydrogen-bond donors (Lipinski definition) is 3. The SMILES string of the molecule is COCCN(C)c1cccc(C(=O)Nc2ccc(C)c(NC(=O)c3cccc(OC4CCNC4)c3)c2)c1. The van der Waals surface area contributed by atoms with Gasteiger partial charge in [0, 0.05) is 55.4 Å². The molecular weight excluding hydrogens is 468 g/mol. The van der Waals surface area contributed by atoms with Crippen LogP contribution in [0.4, 0.5) is 17.1 Å². The molecule has 1 unspecified atom stereocenters. The molecule has 0 aliphatic carbocycles. The van der Waals surface area contributed by atoms with Crippen LogP contribution < -0.4 is 25.6 Å². The third-order valence-corrected chi connectivity index (χ3v) is 6.34. The molecule has 4 rings (SSSR count). The molecule has 0 aromatic heterocycles. The molecule has 1 saturated heterocycles. The molecule has 1 atom stereocenters. The third-order valence-electron chi connectivity index (χ3n) is 6.34. The van der Waals surface area contributed by atoms with Crippen LogP contribution in [0.2, 0.25) is 0 Å². The third kappa shape index (κ3) is 7.09. The van der Waals surface area contributed by atoms with Crippen molar-refractivity contribution in [2.75, 3.05) is 55.9 Å². The summed E-state index contributed by atoms with van der Waals surface area (Å²) < 4.78 is 11.1. The number of carbonyl (C=O) groups is 2. The predicted molar refractivity (Wildman–Crippen MR) is 147 cm³/mol. The highest BCUT2D eigenvalue weighted by Gasteiger charge is 2.17. The first-order valence-corrected chi connectivity index (χ1v) is 12.4. The lowest BCUT2D eigenvalue weighted by molar-refractivity contribution is 0.101. The van der Waals surface area contributed by atoms with E-state index >= 15 is 0 Å². The minimum absolute atomic E-state index is 0.118. The molecule has 1 aliphatic rings. The van der Waals surface area contributed by atoms with E-state index in [0.717, 1.165) is 37.3 Å². The van der Waals surface area contributed by atoms with E-state index in [4.69, 9.17) is 9.47 Å². The molecular formula is C29H34N4O4. The molecule has 8 nitrogen and oxygen atoms in total. The molecule has 0 spiro atoms. The van der Waals surface area contributed by atoms with Gasteiger partial charge in [-0.15, -0.1) is 0 Å². The fraction of sp³-hybridized carbons (Fsp3) is 0.310. The maximum absolute atomic E-state index is 13.0. The molecule has 3 aromatic carbocycles. The summed E-state index contributed by atoms with van der Waals surface area (Å²) in [5.41, 5.74) is 4.08. The van der Waals surface area contributed by atoms with Crippen molar-refractivity contribution in [2.24, 2.45) is 0 Å². The van der Waals surface area contributed by atoms with Gasteiger partial charge in [0.05, 0.1) is 6.61 Å². The summed E-state index contributed by atoms with van der Waals surface area (Å²) in [6, 6.07) is 20.1. The molecule has 1 heterocycles. The van der Waals surface area contributed by atoms with Gasteiger partial charge in [0.25, 0.3) is 11.8 Å². The first-order chi connectivity index (χ1) is 17.9. The Bertz CT molecular complexity index is 1240. The van der Waals surface area contributed by atoms with Crippen LogP contribution in [0.1, 0.15) is 32.7 Å². The monoisotopic (exact) mass is 502 g/mol. The number of nitrogens with one attached hydrogen (secondary N) is 3. The van der Waals surface area contributed by atoms with Gasteiger partial charge in [-0.05, 0) is 74.0 Å². The van der Waals surface area contributed by atoms with Gasteiger partial charge >= 0.3 is 0 Å². The Morgan fingerprint density at radius 1 is 1.00 bits per heavy atom. The quantitative estimate of drug-likeness (QED) is 0.382. The maximum Gasteiger partial charge on any atom is 0.255 e. The van der Waals surface area contributed by atoms with Crippen LogP contribution >= 0.6 is 0 Å². The van der Waals surface area contributed by atoms with Gasteiger partial charge in [-0.3, -0.25) is 9.59 Å². The largest absolute Gasteiger partial charge is 0.489 e. The number of likely N-dealkylation sites (N-methyl/N-ethyl adjacent to an activating group) is 1. The second kappa shape index (κ2) is 12.4. The maximum atomic E-state index is 13.0. The molecule has 1 fully saturated rings. The van der Waals surface area contributed by atoms with E-state index in [1.807, 2.05) is 61.3 Å². The number of anilines is 3. The number of methoxy groups -OCH3 is 1. The Labute approximate surface area is 218 Å². The van der Waals surface area contributed by atoms with E-state index in [1.54, 1.807) is 31.4 Å². The van der Waals surface area contributed by atoms with Crippen LogP contribution in [0.15, 0.2) is 66.7 Å². The zero-order valence-corrected chi connectivity index (χ0v) is 21.5. The first kappa shape index (κ1) is 26.2. The van der Waals surface area contributed by atoms with Crippen molar-refractivity contribution in [3.63, 3.8) is 0 Å². The van der Waals surface area contributed by atoms with Crippen molar-refractivity contribution in [2.45, 2.75) is 19.4 Å². The number of ether oxygens (including phenoxy) is 2. The van der Waals surface area contributed by atoms with Crippen LogP contribution in [0.25, 0.3) is 0 Å². The average molecular weight is 503 g/mol. The van der Waals surface area contributed by atoms with E-state index in [-0.39, 0.29) is 17.9 Å². The Kier molecular flexibility index (Phi) is 8.77. The summed E-state index contributed by atoms with van der Waals surface area (Å²) >= 11 is 0. The Balaban J connectivity index is 1.42. The van der Waals surface area contributed by atoms with Gasteiger partial charge in [0.15, 0.2) is 0 Å². The second-order valence-corrected chi connectivity index (χ2v) is 9.16. The molecule has 0 saturated carbocycles. The van der Waals surface area contributed by atoms with Gasteiger partial charge < -0.3 is 30.3 Å². The van der Waals surface area contributed by atoms with Crippen molar-refractivity contribution in [1.82, 2.24) is 5.32 Å². The summed E-state index contributed by atoms with van der Waals surface area (Å²) in [5.74, 6) is 0.205. The summed E-state index contributed by atoms with van der Waals surface area (Å²) in [4.78, 5) is 28.0. The Morgan fingerprint density at radius 2 is 1.76 bits per heavy atom. The van der Waals surface area contributed by atoms with Crippen LogP contribution in [0, 0.1) is 6.92 Å². The van der Waals surface area contributed by atoms with Crippen molar-refractivity contribution in [3.05, 3.63) is 83.4 Å². The minimum atomic E-state index is -0.242. The first-order valence-electron chi connectivity index (χ1n) is 12.4. The minimum Gasteiger partial charge on any atom is -0.489 e. The van der Waals surface area contributed by atoms with Crippen LogP contribution in [-0.4, -0.2) is 58.3 Å². The molecule has 3 N–H and O–H groups in total. The fourth-order valence-electron chi connectivity index (χ4n) is 4.11. The number of benzene rings is 3. The molecule has 0 radical (unpaired) electrons. The van der Waals surface area contributed by atoms with Crippen molar-refractivity contribution in [3.8, 4) is 5.75 Å². The van der Waals surface area contributed by atoms with Crippen LogP contribution in [0.5, 0.6) is 5.75 Å². The number of nitrogens with zero attached hydrogens (tertiary/aromatic N) is 1. The second-order valence-electron chi connectivity index (χ2n) is 9.16. The lowest BCUT2D eigenvalue weighted by Crippen LogP contribution is -2.22. The van der Waals surface area contributed by atoms with Gasteiger partial charge in [0.2, 0.25) is 0 Å². The Hall–Kier alpha value is -3.88. The molecule has 0 bridgehead atoms. The summed E-state index contributed by atoms with van der Waals surface area (Å²) in [6.45, 7) is 4.97. The highest BCUT2D eigenvalue weighted by molar-refractivity contribution is 6.07. The molecule has 3 aromatic rings. The molecule has 194 valence electrons. The van der Waals surface area contributed by atoms with E-state index in [1.165, 1.54) is 0 Å². The number of amides is 2. The molecule has 8 heteroatoms. The number of rotatable bonds is 10. The van der Waals surface area contributed by atoms with E-state index in [0.29, 0.717) is 34.9 Å². The topological polar surface area (TPSA) is 91.9 Å². The highest BCUT2D eigenvalue weighted by atomic mass is 16.5. The summed E-state index contributed by atoms with van der Waals surface area (Å²) in [5, 5.41) is 9.18. The standard InChI is InChI=1S/C29H34N4O4/c1-20-10-11-23(31-28(34)21-6-4-8-24(16-21)33(2)14-15-36-3)18-27(20)32-29(35)22-7-5-9-25(17-22)37-26-12-13-30-19-26/h4-11,16-18,26,30H,12-15,19H2,1-3H3,(H,31,34)(H,32,35). The van der Waals surface area contributed by atoms with Gasteiger partial charge in [-0.25, -0.2) is 0 Å². The van der Waals surface area contributed by atoms with Crippen LogP contribution in [0.3, 0.4) is 0 Å². The lowest BCUT2D eigenvalue weighted by Gasteiger charge is -2.19. The van der Waals surface area contributed by atoms with Gasteiger partial charge in [-0.1, -0.05) is 18.2 Å². The smallest absolute Gasteiger partial charge is 0.255 e. The Morgan fingerprint density at radius 3 is 2.51 bits per heavy atom. The average Bonchev–Trinajstić information content (AvgIpc) is 3.42. The molecule has 37 heavy (non-hydrogen) atoms. The van der Waals surface area contributed by atoms with Crippen molar-refractivity contribution in [1.29, 1.82) is 0 Å². The van der Waals surface area contributed by atoms with Crippen molar-refractivity contribution >= 4 is 28.9 Å². The van der Waals surface area contributed by atoms with Crippen LogP contribution in [-0.2, 0) is 4.74 Å². The number of hydrogen-bond acceptors (Lipinski definition) is 6. The summed E-state index contributed by atoms with van der Waals surface area (Å²) in [6.07, 6.45) is 1.07. The molecule has 2 amide bonds. The van der Waals surface area contributed by atoms with E-state index < -0.39 is 0 Å². The number of aryl methyl sites for hydroxylation is 1. The van der Waals surface area contributed by atoms with Crippen molar-refractivity contribution < 1.29 is 19.1 Å². The predicted octanol–water partition coefficient (Wildman–Crippen LogP) is 4.32. The number of carbonyl (C=O) groups excluding carboxylic acids is 2.